The van der Waals surface area contributed by atoms with E-state index in [0.717, 1.165) is 16.8 Å². The van der Waals surface area contributed by atoms with Crippen molar-refractivity contribution in [3.63, 3.8) is 0 Å². The molecule has 0 bridgehead atoms. The molecular formula is C16H18N2O2S. The van der Waals surface area contributed by atoms with Crippen molar-refractivity contribution in [2.75, 3.05) is 16.8 Å². The van der Waals surface area contributed by atoms with Gasteiger partial charge in [-0.3, -0.25) is 9.00 Å². The van der Waals surface area contributed by atoms with Crippen LogP contribution >= 0.6 is 0 Å². The highest BCUT2D eigenvalue weighted by molar-refractivity contribution is 7.86. The van der Waals surface area contributed by atoms with Gasteiger partial charge >= 0.3 is 0 Å². The molecule has 0 aromatic heterocycles. The topological polar surface area (TPSA) is 72.2 Å². The second-order valence-electron chi connectivity index (χ2n) is 4.84. The van der Waals surface area contributed by atoms with Gasteiger partial charge < -0.3 is 11.1 Å². The summed E-state index contributed by atoms with van der Waals surface area (Å²) < 4.78 is 12.3. The fourth-order valence-electron chi connectivity index (χ4n) is 1.95. The fourth-order valence-corrected chi connectivity index (χ4v) is 3.05. The highest BCUT2D eigenvalue weighted by Crippen LogP contribution is 2.20. The molecule has 5 heteroatoms. The first-order valence-corrected chi connectivity index (χ1v) is 7.90. The molecule has 2 aromatic carbocycles. The Hall–Kier alpha value is -2.14. The van der Waals surface area contributed by atoms with Gasteiger partial charge in [-0.1, -0.05) is 30.3 Å². The average molecular weight is 302 g/mol. The Morgan fingerprint density at radius 3 is 2.48 bits per heavy atom. The number of nitrogens with one attached hydrogen (secondary N) is 1. The number of nitrogen functional groups attached to an aromatic ring is 1. The van der Waals surface area contributed by atoms with Crippen LogP contribution in [0.1, 0.15) is 11.1 Å². The molecular weight excluding hydrogens is 284 g/mol. The molecule has 0 aliphatic rings. The summed E-state index contributed by atoms with van der Waals surface area (Å²) in [5.74, 6) is -0.398. The lowest BCUT2D eigenvalue weighted by molar-refractivity contribution is -0.113. The second-order valence-corrected chi connectivity index (χ2v) is 6.26. The van der Waals surface area contributed by atoms with Crippen molar-refractivity contribution in [1.29, 1.82) is 0 Å². The molecule has 2 aromatic rings. The predicted molar refractivity (Wildman–Crippen MR) is 86.7 cm³/mol. The number of anilines is 2. The summed E-state index contributed by atoms with van der Waals surface area (Å²) in [6.07, 6.45) is 0. The fraction of sp³-hybridized carbons (Fsp3) is 0.188. The van der Waals surface area contributed by atoms with Gasteiger partial charge in [-0.25, -0.2) is 0 Å². The molecule has 0 spiro atoms. The van der Waals surface area contributed by atoms with Gasteiger partial charge in [0, 0.05) is 5.69 Å². The Balaban J connectivity index is 2.08. The first-order chi connectivity index (χ1) is 9.99. The van der Waals surface area contributed by atoms with Crippen molar-refractivity contribution >= 4 is 28.1 Å². The molecule has 2 rings (SSSR count). The molecule has 21 heavy (non-hydrogen) atoms. The van der Waals surface area contributed by atoms with Gasteiger partial charge in [-0.05, 0) is 37.1 Å². The lowest BCUT2D eigenvalue weighted by Crippen LogP contribution is -2.20. The maximum Gasteiger partial charge on any atom is 0.237 e. The number of carbonyl (C=O) groups is 1. The molecule has 0 aliphatic heterocycles. The van der Waals surface area contributed by atoms with Crippen LogP contribution in [0, 0.1) is 13.8 Å². The molecule has 110 valence electrons. The van der Waals surface area contributed by atoms with Crippen molar-refractivity contribution in [2.24, 2.45) is 0 Å². The lowest BCUT2D eigenvalue weighted by atomic mass is 10.2. The Morgan fingerprint density at radius 1 is 1.10 bits per heavy atom. The standard InChI is InChI=1S/C16H18N2O2S/c1-11-6-3-4-8-13(11)18-15(19)10-21(20)14-9-5-7-12(2)16(14)17/h3-9H,10,17H2,1-2H3,(H,18,19). The van der Waals surface area contributed by atoms with Crippen molar-refractivity contribution < 1.29 is 9.00 Å². The van der Waals surface area contributed by atoms with Gasteiger partial charge in [0.25, 0.3) is 0 Å². The lowest BCUT2D eigenvalue weighted by Gasteiger charge is -2.10. The van der Waals surface area contributed by atoms with Crippen LogP contribution in [-0.2, 0) is 15.6 Å². The molecule has 4 nitrogen and oxygen atoms in total. The van der Waals surface area contributed by atoms with Gasteiger partial charge in [0.05, 0.1) is 21.4 Å². The zero-order chi connectivity index (χ0) is 15.4. The van der Waals surface area contributed by atoms with Crippen molar-refractivity contribution in [3.8, 4) is 0 Å². The maximum atomic E-state index is 12.3. The molecule has 3 N–H and O–H groups in total. The maximum absolute atomic E-state index is 12.3. The van der Waals surface area contributed by atoms with E-state index in [4.69, 9.17) is 5.73 Å². The van der Waals surface area contributed by atoms with Crippen LogP contribution in [0.2, 0.25) is 0 Å². The molecule has 1 unspecified atom stereocenters. The average Bonchev–Trinajstić information content (AvgIpc) is 2.44. The number of hydrogen-bond donors (Lipinski definition) is 2. The second kappa shape index (κ2) is 6.54. The Morgan fingerprint density at radius 2 is 1.76 bits per heavy atom. The summed E-state index contributed by atoms with van der Waals surface area (Å²) in [4.78, 5) is 12.5. The Bertz CT molecular complexity index is 698. The summed E-state index contributed by atoms with van der Waals surface area (Å²) in [6, 6.07) is 12.8. The summed E-state index contributed by atoms with van der Waals surface area (Å²) >= 11 is 0. The molecule has 0 aliphatic carbocycles. The SMILES string of the molecule is Cc1ccccc1NC(=O)CS(=O)c1cccc(C)c1N. The van der Waals surface area contributed by atoms with E-state index in [2.05, 4.69) is 5.32 Å². The number of carbonyl (C=O) groups excluding carboxylic acids is 1. The Labute approximate surface area is 126 Å². The third-order valence-electron chi connectivity index (χ3n) is 3.21. The van der Waals surface area contributed by atoms with E-state index in [9.17, 15) is 9.00 Å². The highest BCUT2D eigenvalue weighted by Gasteiger charge is 2.14. The Kier molecular flexibility index (Phi) is 4.75. The predicted octanol–water partition coefficient (Wildman–Crippen LogP) is 2.63. The molecule has 0 saturated carbocycles. The molecule has 0 fully saturated rings. The first kappa shape index (κ1) is 15.3. The van der Waals surface area contributed by atoms with Crippen LogP contribution in [0.25, 0.3) is 0 Å². The normalized spacial score (nSPS) is 11.9. The molecule has 0 saturated heterocycles. The number of aryl methyl sites for hydroxylation is 2. The van der Waals surface area contributed by atoms with E-state index < -0.39 is 10.8 Å². The molecule has 0 radical (unpaired) electrons. The zero-order valence-corrected chi connectivity index (χ0v) is 12.9. The van der Waals surface area contributed by atoms with Crippen LogP contribution < -0.4 is 11.1 Å². The number of amides is 1. The zero-order valence-electron chi connectivity index (χ0n) is 12.1. The van der Waals surface area contributed by atoms with Crippen LogP contribution in [0.3, 0.4) is 0 Å². The smallest absolute Gasteiger partial charge is 0.237 e. The minimum atomic E-state index is -1.45. The summed E-state index contributed by atoms with van der Waals surface area (Å²) in [5, 5.41) is 2.77. The number of hydrogen-bond acceptors (Lipinski definition) is 3. The van der Waals surface area contributed by atoms with Gasteiger partial charge in [0.1, 0.15) is 5.75 Å². The number of nitrogens with two attached hydrogens (primary N) is 1. The first-order valence-electron chi connectivity index (χ1n) is 6.58. The van der Waals surface area contributed by atoms with Crippen LogP contribution in [0.5, 0.6) is 0 Å². The van der Waals surface area contributed by atoms with Crippen molar-refractivity contribution in [1.82, 2.24) is 0 Å². The number of rotatable bonds is 4. The summed E-state index contributed by atoms with van der Waals surface area (Å²) in [7, 11) is -1.45. The van der Waals surface area contributed by atoms with Gasteiger partial charge in [-0.15, -0.1) is 0 Å². The minimum absolute atomic E-state index is 0.109. The number of para-hydroxylation sites is 2. The quantitative estimate of drug-likeness (QED) is 0.853. The largest absolute Gasteiger partial charge is 0.398 e. The van der Waals surface area contributed by atoms with Crippen LogP contribution in [0.15, 0.2) is 47.4 Å². The van der Waals surface area contributed by atoms with Crippen molar-refractivity contribution in [3.05, 3.63) is 53.6 Å². The van der Waals surface area contributed by atoms with E-state index in [1.807, 2.05) is 44.2 Å². The van der Waals surface area contributed by atoms with E-state index in [1.54, 1.807) is 12.1 Å². The molecule has 0 heterocycles. The van der Waals surface area contributed by atoms with E-state index >= 15 is 0 Å². The summed E-state index contributed by atoms with van der Waals surface area (Å²) in [6.45, 7) is 3.76. The van der Waals surface area contributed by atoms with E-state index in [0.29, 0.717) is 10.6 Å². The van der Waals surface area contributed by atoms with E-state index in [1.165, 1.54) is 0 Å². The van der Waals surface area contributed by atoms with Crippen molar-refractivity contribution in [2.45, 2.75) is 18.7 Å². The van der Waals surface area contributed by atoms with Crippen LogP contribution in [-0.4, -0.2) is 15.9 Å². The van der Waals surface area contributed by atoms with E-state index in [-0.39, 0.29) is 11.7 Å². The summed E-state index contributed by atoms with van der Waals surface area (Å²) in [5.41, 5.74) is 8.96. The van der Waals surface area contributed by atoms with Gasteiger partial charge in [0.15, 0.2) is 0 Å². The monoisotopic (exact) mass is 302 g/mol. The minimum Gasteiger partial charge on any atom is -0.398 e. The third-order valence-corrected chi connectivity index (χ3v) is 4.58. The van der Waals surface area contributed by atoms with Gasteiger partial charge in [0.2, 0.25) is 5.91 Å². The molecule has 1 atom stereocenters. The highest BCUT2D eigenvalue weighted by atomic mass is 32.2. The number of benzene rings is 2. The molecule has 1 amide bonds. The van der Waals surface area contributed by atoms with Gasteiger partial charge in [-0.2, -0.15) is 0 Å². The third kappa shape index (κ3) is 3.70. The van der Waals surface area contributed by atoms with Crippen LogP contribution in [0.4, 0.5) is 11.4 Å².